The van der Waals surface area contributed by atoms with Gasteiger partial charge in [0.1, 0.15) is 11.6 Å². The van der Waals surface area contributed by atoms with E-state index >= 15 is 0 Å². The number of carbonyl (C=O) groups is 4. The van der Waals surface area contributed by atoms with Gasteiger partial charge in [0, 0.05) is 12.7 Å². The number of aliphatic carboxylic acids is 1. The van der Waals surface area contributed by atoms with Crippen molar-refractivity contribution in [1.29, 1.82) is 0 Å². The third kappa shape index (κ3) is 10.7. The Hall–Kier alpha value is -1.77. The van der Waals surface area contributed by atoms with E-state index in [1.807, 2.05) is 0 Å². The Bertz CT molecular complexity index is 418. The molecule has 0 heterocycles. The lowest BCUT2D eigenvalue weighted by Gasteiger charge is -2.19. The summed E-state index contributed by atoms with van der Waals surface area (Å²) in [6.45, 7) is 5.97. The van der Waals surface area contributed by atoms with E-state index in [9.17, 15) is 19.2 Å². The molecule has 2 amide bonds. The number of hydrogen-bond acceptors (Lipinski definition) is 6. The van der Waals surface area contributed by atoms with Crippen LogP contribution >= 0.6 is 11.8 Å². The molecule has 0 aliphatic heterocycles. The first-order chi connectivity index (χ1) is 9.51. The molecule has 0 aliphatic rings. The minimum absolute atomic E-state index is 0.121. The van der Waals surface area contributed by atoms with Gasteiger partial charge < -0.3 is 20.5 Å². The third-order valence-electron chi connectivity index (χ3n) is 1.86. The number of rotatable bonds is 6. The Morgan fingerprint density at radius 1 is 1.24 bits per heavy atom. The van der Waals surface area contributed by atoms with Gasteiger partial charge in [-0.3, -0.25) is 9.59 Å². The lowest BCUT2D eigenvalue weighted by atomic mass is 10.2. The normalized spacial score (nSPS) is 12.2. The molecule has 21 heavy (non-hydrogen) atoms. The summed E-state index contributed by atoms with van der Waals surface area (Å²) in [5.41, 5.74) is -0.667. The van der Waals surface area contributed by atoms with Crippen LogP contribution in [-0.4, -0.2) is 52.1 Å². The van der Waals surface area contributed by atoms with Crippen molar-refractivity contribution in [3.8, 4) is 0 Å². The van der Waals surface area contributed by atoms with Gasteiger partial charge in [-0.05, 0) is 20.8 Å². The Kier molecular flexibility index (Phi) is 7.79. The molecule has 8 nitrogen and oxygen atoms in total. The predicted molar refractivity (Wildman–Crippen MR) is 76.9 cm³/mol. The van der Waals surface area contributed by atoms with Crippen LogP contribution in [0.3, 0.4) is 0 Å². The minimum Gasteiger partial charge on any atom is -0.480 e. The first kappa shape index (κ1) is 19.2. The Morgan fingerprint density at radius 2 is 1.81 bits per heavy atom. The van der Waals surface area contributed by atoms with Crippen molar-refractivity contribution in [1.82, 2.24) is 10.6 Å². The molecule has 0 aromatic rings. The Labute approximate surface area is 127 Å². The summed E-state index contributed by atoms with van der Waals surface area (Å²) >= 11 is 0.710. The van der Waals surface area contributed by atoms with Gasteiger partial charge in [-0.25, -0.2) is 9.59 Å². The van der Waals surface area contributed by atoms with Crippen LogP contribution in [0.1, 0.15) is 27.7 Å². The molecule has 1 atom stereocenters. The highest BCUT2D eigenvalue weighted by Gasteiger charge is 2.21. The SMILES string of the molecule is CC(=O)N[C@@H](CSC(=O)CNC(=O)OC(C)(C)C)C(=O)O. The number of ether oxygens (including phenoxy) is 1. The van der Waals surface area contributed by atoms with Gasteiger partial charge in [0.25, 0.3) is 0 Å². The molecule has 0 fully saturated rings. The first-order valence-corrected chi connectivity index (χ1v) is 7.12. The number of amides is 2. The number of carboxylic acids is 1. The molecule has 0 rings (SSSR count). The third-order valence-corrected chi connectivity index (χ3v) is 2.83. The lowest BCUT2D eigenvalue weighted by molar-refractivity contribution is -0.140. The number of carboxylic acid groups (broad SMARTS) is 1. The van der Waals surface area contributed by atoms with Gasteiger partial charge in [-0.1, -0.05) is 11.8 Å². The van der Waals surface area contributed by atoms with E-state index in [0.717, 1.165) is 0 Å². The quantitative estimate of drug-likeness (QED) is 0.646. The summed E-state index contributed by atoms with van der Waals surface area (Å²) in [4.78, 5) is 44.5. The standard InChI is InChI=1S/C12H20N2O6S/c1-7(15)14-8(10(17)18)6-21-9(16)5-13-11(19)20-12(2,3)4/h8H,5-6H2,1-4H3,(H,13,19)(H,14,15)(H,17,18)/t8-/m0/s1. The van der Waals surface area contributed by atoms with Crippen molar-refractivity contribution < 1.29 is 29.0 Å². The van der Waals surface area contributed by atoms with Crippen LogP contribution in [-0.2, 0) is 19.1 Å². The molecular formula is C12H20N2O6S. The first-order valence-electron chi connectivity index (χ1n) is 6.13. The van der Waals surface area contributed by atoms with Crippen molar-refractivity contribution >= 4 is 34.8 Å². The molecule has 0 unspecified atom stereocenters. The monoisotopic (exact) mass is 320 g/mol. The molecule has 3 N–H and O–H groups in total. The van der Waals surface area contributed by atoms with E-state index in [1.165, 1.54) is 6.92 Å². The van der Waals surface area contributed by atoms with Crippen LogP contribution in [0.5, 0.6) is 0 Å². The van der Waals surface area contributed by atoms with Crippen LogP contribution in [0, 0.1) is 0 Å². The molecule has 120 valence electrons. The summed E-state index contributed by atoms with van der Waals surface area (Å²) in [6, 6.07) is -1.15. The van der Waals surface area contributed by atoms with E-state index in [4.69, 9.17) is 9.84 Å². The molecule has 0 bridgehead atoms. The summed E-state index contributed by atoms with van der Waals surface area (Å²) in [5.74, 6) is -1.85. The van der Waals surface area contributed by atoms with Crippen molar-refractivity contribution in [3.05, 3.63) is 0 Å². The largest absolute Gasteiger partial charge is 0.480 e. The summed E-state index contributed by atoms with van der Waals surface area (Å²) in [7, 11) is 0. The molecule has 0 radical (unpaired) electrons. The maximum Gasteiger partial charge on any atom is 0.408 e. The van der Waals surface area contributed by atoms with E-state index in [-0.39, 0.29) is 12.3 Å². The fourth-order valence-electron chi connectivity index (χ4n) is 1.11. The van der Waals surface area contributed by atoms with E-state index in [1.54, 1.807) is 20.8 Å². The number of alkyl carbamates (subject to hydrolysis) is 1. The van der Waals surface area contributed by atoms with Crippen LogP contribution in [0.15, 0.2) is 0 Å². The minimum atomic E-state index is -1.23. The molecule has 0 saturated heterocycles. The summed E-state index contributed by atoms with van der Waals surface area (Å²) in [5, 5.41) is 12.9. The van der Waals surface area contributed by atoms with Gasteiger partial charge in [-0.2, -0.15) is 0 Å². The molecule has 0 aliphatic carbocycles. The molecule has 9 heteroatoms. The second-order valence-electron chi connectivity index (χ2n) is 5.13. The van der Waals surface area contributed by atoms with Gasteiger partial charge in [0.05, 0.1) is 6.54 Å². The van der Waals surface area contributed by atoms with Crippen molar-refractivity contribution in [3.63, 3.8) is 0 Å². The Balaban J connectivity index is 4.11. The fraction of sp³-hybridized carbons (Fsp3) is 0.667. The van der Waals surface area contributed by atoms with E-state index in [2.05, 4.69) is 10.6 Å². The zero-order valence-corrected chi connectivity index (χ0v) is 13.2. The van der Waals surface area contributed by atoms with Gasteiger partial charge in [0.2, 0.25) is 11.0 Å². The maximum absolute atomic E-state index is 11.5. The second-order valence-corrected chi connectivity index (χ2v) is 6.21. The second kappa shape index (κ2) is 8.50. The van der Waals surface area contributed by atoms with Gasteiger partial charge in [0.15, 0.2) is 0 Å². The predicted octanol–water partition coefficient (Wildman–Crippen LogP) is 0.360. The van der Waals surface area contributed by atoms with Crippen molar-refractivity contribution in [2.24, 2.45) is 0 Å². The van der Waals surface area contributed by atoms with Crippen LogP contribution < -0.4 is 10.6 Å². The molecule has 0 saturated carbocycles. The fourth-order valence-corrected chi connectivity index (χ4v) is 1.86. The van der Waals surface area contributed by atoms with Crippen LogP contribution in [0.4, 0.5) is 4.79 Å². The average molecular weight is 320 g/mol. The number of nitrogens with one attached hydrogen (secondary N) is 2. The lowest BCUT2D eigenvalue weighted by Crippen LogP contribution is -2.42. The summed E-state index contributed by atoms with van der Waals surface area (Å²) < 4.78 is 4.94. The molecule has 0 spiro atoms. The van der Waals surface area contributed by atoms with Gasteiger partial charge in [-0.15, -0.1) is 0 Å². The smallest absolute Gasteiger partial charge is 0.408 e. The topological polar surface area (TPSA) is 122 Å². The highest BCUT2D eigenvalue weighted by atomic mass is 32.2. The maximum atomic E-state index is 11.5. The van der Waals surface area contributed by atoms with Crippen molar-refractivity contribution in [2.45, 2.75) is 39.3 Å². The number of carbonyl (C=O) groups excluding carboxylic acids is 3. The van der Waals surface area contributed by atoms with Gasteiger partial charge >= 0.3 is 12.1 Å². The number of hydrogen-bond donors (Lipinski definition) is 3. The number of thioether (sulfide) groups is 1. The Morgan fingerprint density at radius 3 is 2.24 bits per heavy atom. The van der Waals surface area contributed by atoms with E-state index in [0.29, 0.717) is 11.8 Å². The van der Waals surface area contributed by atoms with E-state index < -0.39 is 34.7 Å². The summed E-state index contributed by atoms with van der Waals surface area (Å²) in [6.07, 6.45) is -0.729. The van der Waals surface area contributed by atoms with Crippen molar-refractivity contribution in [2.75, 3.05) is 12.3 Å². The molecule has 0 aromatic heterocycles. The highest BCUT2D eigenvalue weighted by molar-refractivity contribution is 8.13. The zero-order chi connectivity index (χ0) is 16.6. The highest BCUT2D eigenvalue weighted by Crippen LogP contribution is 2.07. The molecule has 0 aromatic carbocycles. The zero-order valence-electron chi connectivity index (χ0n) is 12.4. The average Bonchev–Trinajstić information content (AvgIpc) is 2.28. The van der Waals surface area contributed by atoms with Crippen LogP contribution in [0.25, 0.3) is 0 Å². The van der Waals surface area contributed by atoms with Crippen LogP contribution in [0.2, 0.25) is 0 Å². The molecular weight excluding hydrogens is 300 g/mol.